The van der Waals surface area contributed by atoms with E-state index in [2.05, 4.69) is 20.4 Å². The van der Waals surface area contributed by atoms with Gasteiger partial charge in [0.1, 0.15) is 17.1 Å². The fourth-order valence-corrected chi connectivity index (χ4v) is 7.02. The standard InChI is InChI=1S/C22H25N9O7S3/c1-3-30-12(24)4-11(23)27-22(30)41-6-9-5-39-18-14(17(33)31(18)15(9)20(36)37)28-16(32)13(10-7-40-21(25)26-10)29-38-8(2)19(34)35/h4,7-8,14,18H,3,5-6H2,1-2H3,(H8,23,24,25,26,28,32,34,35,36,37)/b29-13-/t8-,14?,18+/m0/s1. The molecule has 0 aliphatic carbocycles. The SMILES string of the molecule is CC[n+]1c(N)cc(N)nc1SCC1=C(C(=O)[O-])N2C(=O)C(NC(=O)/C(=N\O[C@@H](C)C(=O)O)c3csc(N)n3)[C@H]2SC1. The van der Waals surface area contributed by atoms with Gasteiger partial charge in [0, 0.05) is 16.9 Å². The molecule has 0 spiro atoms. The second-order valence-corrected chi connectivity index (χ2v) is 11.6. The molecule has 0 aromatic carbocycles. The molecule has 19 heteroatoms. The minimum atomic E-state index is -1.54. The third kappa shape index (κ3) is 6.15. The summed E-state index contributed by atoms with van der Waals surface area (Å²) in [5, 5.41) is 28.6. The molecule has 0 radical (unpaired) electrons. The molecular formula is C22H25N9O7S3. The van der Waals surface area contributed by atoms with Crippen molar-refractivity contribution in [2.45, 2.75) is 43.1 Å². The number of hydrogen-bond acceptors (Lipinski definition) is 15. The van der Waals surface area contributed by atoms with Crippen molar-refractivity contribution >= 4 is 81.1 Å². The summed E-state index contributed by atoms with van der Waals surface area (Å²) in [5.74, 6) is -3.41. The Labute approximate surface area is 245 Å². The molecule has 3 atom stereocenters. The molecule has 4 rings (SSSR count). The molecule has 1 saturated heterocycles. The summed E-state index contributed by atoms with van der Waals surface area (Å²) in [6, 6.07) is 0.415. The van der Waals surface area contributed by atoms with Crippen molar-refractivity contribution in [3.05, 3.63) is 28.4 Å². The number of carbonyl (C=O) groups is 4. The van der Waals surface area contributed by atoms with Crippen molar-refractivity contribution < 1.29 is 38.8 Å². The number of carbonyl (C=O) groups excluding carboxylic acids is 3. The third-order valence-corrected chi connectivity index (χ3v) is 8.99. The summed E-state index contributed by atoms with van der Waals surface area (Å²) >= 11 is 3.48. The van der Waals surface area contributed by atoms with Crippen LogP contribution in [0.25, 0.3) is 0 Å². The van der Waals surface area contributed by atoms with Gasteiger partial charge in [-0.1, -0.05) is 10.1 Å². The van der Waals surface area contributed by atoms with E-state index in [4.69, 9.17) is 27.1 Å². The number of nitrogens with one attached hydrogen (secondary N) is 1. The van der Waals surface area contributed by atoms with Gasteiger partial charge in [-0.25, -0.2) is 14.3 Å². The molecule has 1 unspecified atom stereocenters. The molecule has 4 heterocycles. The smallest absolute Gasteiger partial charge is 0.347 e. The molecular weight excluding hydrogens is 598 g/mol. The maximum absolute atomic E-state index is 13.1. The first kappa shape index (κ1) is 29.9. The van der Waals surface area contributed by atoms with E-state index < -0.39 is 47.0 Å². The van der Waals surface area contributed by atoms with Gasteiger partial charge in [0.25, 0.3) is 11.8 Å². The number of nitrogen functional groups attached to an aromatic ring is 3. The maximum atomic E-state index is 13.1. The van der Waals surface area contributed by atoms with E-state index in [1.807, 2.05) is 6.92 Å². The summed E-state index contributed by atoms with van der Waals surface area (Å²) < 4.78 is 1.72. The maximum Gasteiger partial charge on any atom is 0.347 e. The normalized spacial score (nSPS) is 19.3. The predicted molar refractivity (Wildman–Crippen MR) is 148 cm³/mol. The highest BCUT2D eigenvalue weighted by Crippen LogP contribution is 2.41. The first-order valence-electron chi connectivity index (χ1n) is 11.9. The van der Waals surface area contributed by atoms with Gasteiger partial charge in [-0.3, -0.25) is 14.5 Å². The molecule has 2 aromatic rings. The topological polar surface area (TPSA) is 256 Å². The summed E-state index contributed by atoms with van der Waals surface area (Å²) in [5.41, 5.74) is 17.2. The molecule has 2 aliphatic rings. The molecule has 16 nitrogen and oxygen atoms in total. The van der Waals surface area contributed by atoms with E-state index in [1.165, 1.54) is 41.9 Å². The van der Waals surface area contributed by atoms with Gasteiger partial charge < -0.3 is 42.4 Å². The van der Waals surface area contributed by atoms with Crippen molar-refractivity contribution in [3.8, 4) is 0 Å². The number of oxime groups is 1. The summed E-state index contributed by atoms with van der Waals surface area (Å²) in [6.07, 6.45) is -1.37. The van der Waals surface area contributed by atoms with Crippen molar-refractivity contribution in [3.63, 3.8) is 0 Å². The quantitative estimate of drug-likeness (QED) is 0.0452. The molecule has 0 saturated carbocycles. The number of β-lactam (4-membered cyclic amide) rings is 1. The van der Waals surface area contributed by atoms with Gasteiger partial charge >= 0.3 is 11.1 Å². The number of thiazole rings is 1. The number of hydrogen-bond donors (Lipinski definition) is 5. The number of nitrogens with zero attached hydrogens (tertiary/aromatic N) is 5. The fourth-order valence-electron chi connectivity index (χ4n) is 3.89. The van der Waals surface area contributed by atoms with Crippen LogP contribution in [-0.4, -0.2) is 78.5 Å². The fraction of sp³-hybridized carbons (Fsp3) is 0.364. The highest BCUT2D eigenvalue weighted by Gasteiger charge is 2.53. The van der Waals surface area contributed by atoms with E-state index in [-0.39, 0.29) is 33.8 Å². The van der Waals surface area contributed by atoms with Gasteiger partial charge in [-0.15, -0.1) is 23.1 Å². The Bertz CT molecular complexity index is 1480. The van der Waals surface area contributed by atoms with Gasteiger partial charge in [0.15, 0.2) is 10.8 Å². The zero-order valence-corrected chi connectivity index (χ0v) is 24.0. The van der Waals surface area contributed by atoms with Crippen LogP contribution in [-0.2, 0) is 30.6 Å². The Hall–Kier alpha value is -4.10. The van der Waals surface area contributed by atoms with E-state index in [0.717, 1.165) is 16.2 Å². The number of aromatic nitrogens is 3. The number of fused-ring (bicyclic) bond motifs is 1. The molecule has 2 aliphatic heterocycles. The average Bonchev–Trinajstić information content (AvgIpc) is 3.34. The largest absolute Gasteiger partial charge is 0.543 e. The van der Waals surface area contributed by atoms with E-state index in [1.54, 1.807) is 4.57 Å². The van der Waals surface area contributed by atoms with Crippen LogP contribution >= 0.6 is 34.9 Å². The Morgan fingerprint density at radius 2 is 2.10 bits per heavy atom. The van der Waals surface area contributed by atoms with Crippen molar-refractivity contribution in [1.29, 1.82) is 0 Å². The number of aliphatic carboxylic acids is 2. The molecule has 0 bridgehead atoms. The number of rotatable bonds is 11. The number of thioether (sulfide) groups is 2. The van der Waals surface area contributed by atoms with Gasteiger partial charge in [-0.05, 0) is 31.2 Å². The number of carboxylic acid groups (broad SMARTS) is 2. The lowest BCUT2D eigenvalue weighted by Gasteiger charge is -2.50. The Kier molecular flexibility index (Phi) is 8.88. The van der Waals surface area contributed by atoms with Crippen LogP contribution in [0.5, 0.6) is 0 Å². The minimum absolute atomic E-state index is 0.0114. The second-order valence-electron chi connectivity index (χ2n) is 8.62. The third-order valence-electron chi connectivity index (χ3n) is 5.91. The van der Waals surface area contributed by atoms with Crippen LogP contribution in [0, 0.1) is 0 Å². The number of anilines is 3. The zero-order chi connectivity index (χ0) is 30.0. The van der Waals surface area contributed by atoms with Gasteiger partial charge in [-0.2, -0.15) is 0 Å². The monoisotopic (exact) mass is 623 g/mol. The van der Waals surface area contributed by atoms with E-state index in [9.17, 15) is 24.3 Å². The van der Waals surface area contributed by atoms with Crippen molar-refractivity contribution in [2.75, 3.05) is 28.7 Å². The Balaban J connectivity index is 1.52. The van der Waals surface area contributed by atoms with Gasteiger partial charge in [0.2, 0.25) is 17.7 Å². The predicted octanol–water partition coefficient (Wildman–Crippen LogP) is -2.02. The average molecular weight is 624 g/mol. The molecule has 2 aromatic heterocycles. The lowest BCUT2D eigenvalue weighted by molar-refractivity contribution is -0.719. The number of nitrogens with two attached hydrogens (primary N) is 3. The van der Waals surface area contributed by atoms with Crippen LogP contribution in [0.4, 0.5) is 16.8 Å². The van der Waals surface area contributed by atoms with Gasteiger partial charge in [0.05, 0.1) is 24.3 Å². The van der Waals surface area contributed by atoms with Crippen LogP contribution in [0.1, 0.15) is 19.5 Å². The van der Waals surface area contributed by atoms with Crippen LogP contribution in [0.2, 0.25) is 0 Å². The Morgan fingerprint density at radius 3 is 2.71 bits per heavy atom. The Morgan fingerprint density at radius 1 is 1.37 bits per heavy atom. The number of amides is 2. The summed E-state index contributed by atoms with van der Waals surface area (Å²) in [6.45, 7) is 3.60. The summed E-state index contributed by atoms with van der Waals surface area (Å²) in [7, 11) is 0. The molecule has 41 heavy (non-hydrogen) atoms. The first-order valence-corrected chi connectivity index (χ1v) is 14.8. The molecule has 8 N–H and O–H groups in total. The summed E-state index contributed by atoms with van der Waals surface area (Å²) in [4.78, 5) is 63.7. The first-order chi connectivity index (χ1) is 19.4. The zero-order valence-electron chi connectivity index (χ0n) is 21.6. The van der Waals surface area contributed by atoms with Crippen LogP contribution in [0.15, 0.2) is 33.0 Å². The van der Waals surface area contributed by atoms with Crippen LogP contribution in [0.3, 0.4) is 0 Å². The highest BCUT2D eigenvalue weighted by atomic mass is 32.2. The molecule has 218 valence electrons. The lowest BCUT2D eigenvalue weighted by Crippen LogP contribution is -2.71. The van der Waals surface area contributed by atoms with E-state index >= 15 is 0 Å². The van der Waals surface area contributed by atoms with E-state index in [0.29, 0.717) is 23.1 Å². The molecule has 1 fully saturated rings. The van der Waals surface area contributed by atoms with Crippen LogP contribution < -0.4 is 32.2 Å². The highest BCUT2D eigenvalue weighted by molar-refractivity contribution is 8.01. The lowest BCUT2D eigenvalue weighted by atomic mass is 10.0. The minimum Gasteiger partial charge on any atom is -0.543 e. The van der Waals surface area contributed by atoms with Crippen molar-refractivity contribution in [1.82, 2.24) is 20.2 Å². The molecule has 2 amide bonds. The second kappa shape index (κ2) is 12.2. The number of carboxylic acids is 2. The van der Waals surface area contributed by atoms with Crippen molar-refractivity contribution in [2.24, 2.45) is 5.16 Å².